The van der Waals surface area contributed by atoms with E-state index in [0.29, 0.717) is 23.0 Å². The first-order chi connectivity index (χ1) is 14.6. The molecule has 0 aromatic rings. The minimum absolute atomic E-state index is 0.147. The summed E-state index contributed by atoms with van der Waals surface area (Å²) in [5.41, 5.74) is 1.75. The summed E-state index contributed by atoms with van der Waals surface area (Å²) in [5.74, 6) is 4.90. The van der Waals surface area contributed by atoms with Crippen LogP contribution in [0, 0.1) is 52.3 Å². The second kappa shape index (κ2) is 8.62. The minimum atomic E-state index is -0.243. The van der Waals surface area contributed by atoms with Crippen LogP contribution in [0.3, 0.4) is 0 Å². The Bertz CT molecular complexity index is 708. The van der Waals surface area contributed by atoms with Crippen LogP contribution in [0.2, 0.25) is 0 Å². The third-order valence-electron chi connectivity index (χ3n) is 11.1. The molecular weight excluding hydrogens is 380 g/mol. The normalized spacial score (nSPS) is 44.3. The number of carbonyl (C=O) groups is 1. The Morgan fingerprint density at radius 3 is 2.45 bits per heavy atom. The molecule has 2 heteroatoms. The molecule has 0 aromatic carbocycles. The zero-order chi connectivity index (χ0) is 22.6. The van der Waals surface area contributed by atoms with Crippen molar-refractivity contribution in [1.82, 2.24) is 0 Å². The molecule has 176 valence electrons. The van der Waals surface area contributed by atoms with Gasteiger partial charge in [-0.3, -0.25) is 4.79 Å². The van der Waals surface area contributed by atoms with E-state index < -0.39 is 0 Å². The quantitative estimate of drug-likeness (QED) is 0.485. The van der Waals surface area contributed by atoms with Crippen LogP contribution in [0.15, 0.2) is 11.6 Å². The van der Waals surface area contributed by atoms with Crippen molar-refractivity contribution < 1.29 is 9.90 Å². The van der Waals surface area contributed by atoms with Gasteiger partial charge in [0.2, 0.25) is 0 Å². The van der Waals surface area contributed by atoms with E-state index in [4.69, 9.17) is 0 Å². The highest BCUT2D eigenvalue weighted by Gasteiger charge is 2.61. The number of aliphatic hydroxyl groups is 1. The number of rotatable bonds is 6. The van der Waals surface area contributed by atoms with Crippen LogP contribution in [0.25, 0.3) is 0 Å². The lowest BCUT2D eigenvalue weighted by Crippen LogP contribution is -2.53. The number of hydrogen-bond donors (Lipinski definition) is 1. The zero-order valence-electron chi connectivity index (χ0n) is 21.1. The summed E-state index contributed by atoms with van der Waals surface area (Å²) in [4.78, 5) is 13.5. The molecule has 3 fully saturated rings. The molecule has 3 saturated carbocycles. The minimum Gasteiger partial charge on any atom is -0.393 e. The van der Waals surface area contributed by atoms with Crippen LogP contribution in [-0.2, 0) is 4.79 Å². The highest BCUT2D eigenvalue weighted by atomic mass is 16.3. The molecule has 4 rings (SSSR count). The van der Waals surface area contributed by atoms with Gasteiger partial charge >= 0.3 is 0 Å². The number of ketones is 1. The molecule has 0 radical (unpaired) electrons. The third-order valence-corrected chi connectivity index (χ3v) is 11.1. The Kier molecular flexibility index (Phi) is 6.54. The summed E-state index contributed by atoms with van der Waals surface area (Å²) >= 11 is 0. The monoisotopic (exact) mass is 428 g/mol. The van der Waals surface area contributed by atoms with Crippen molar-refractivity contribution >= 4 is 5.78 Å². The molecule has 0 aromatic heterocycles. The summed E-state index contributed by atoms with van der Waals surface area (Å²) in [6.45, 7) is 14.6. The lowest BCUT2D eigenvalue weighted by molar-refractivity contribution is -0.135. The highest BCUT2D eigenvalue weighted by molar-refractivity contribution is 5.94. The van der Waals surface area contributed by atoms with Crippen molar-refractivity contribution in [2.75, 3.05) is 0 Å². The molecular formula is C29H48O2. The average Bonchev–Trinajstić information content (AvgIpc) is 3.06. The Hall–Kier alpha value is -0.630. The number of allylic oxidation sites excluding steroid dienone is 1. The van der Waals surface area contributed by atoms with Crippen molar-refractivity contribution in [2.24, 2.45) is 52.3 Å². The molecule has 0 bridgehead atoms. The van der Waals surface area contributed by atoms with Gasteiger partial charge in [-0.25, -0.2) is 0 Å². The summed E-state index contributed by atoms with van der Waals surface area (Å²) in [6, 6.07) is 0. The fourth-order valence-corrected chi connectivity index (χ4v) is 9.04. The van der Waals surface area contributed by atoms with E-state index in [0.717, 1.165) is 42.9 Å². The maximum absolute atomic E-state index is 13.5. The second-order valence-corrected chi connectivity index (χ2v) is 12.8. The van der Waals surface area contributed by atoms with E-state index >= 15 is 0 Å². The predicted octanol–water partition coefficient (Wildman–Crippen LogP) is 7.20. The lowest BCUT2D eigenvalue weighted by atomic mass is 9.46. The second-order valence-electron chi connectivity index (χ2n) is 12.8. The predicted molar refractivity (Wildman–Crippen MR) is 129 cm³/mol. The van der Waals surface area contributed by atoms with Gasteiger partial charge in [-0.2, -0.15) is 0 Å². The Labute approximate surface area is 191 Å². The topological polar surface area (TPSA) is 37.3 Å². The maximum Gasteiger partial charge on any atom is 0.159 e. The number of carbonyl (C=O) groups excluding carboxylic acids is 1. The fraction of sp³-hybridized carbons (Fsp3) is 0.897. The van der Waals surface area contributed by atoms with Crippen LogP contribution in [0.1, 0.15) is 106 Å². The molecule has 4 aliphatic rings. The first kappa shape index (κ1) is 23.5. The Morgan fingerprint density at radius 1 is 1.03 bits per heavy atom. The third kappa shape index (κ3) is 3.87. The molecule has 0 amide bonds. The van der Waals surface area contributed by atoms with Gasteiger partial charge in [-0.15, -0.1) is 0 Å². The van der Waals surface area contributed by atoms with Gasteiger partial charge in [0.25, 0.3) is 0 Å². The SMILES string of the molecule is CC[C@H](CC[C@@H](C)[C@H]1CC[C@H]2[C@@H]3C(=O)C=C4C[C@H](O)CC[C@]4(C)[C@H]3CC[C@]12C)C(C)C. The molecule has 0 unspecified atom stereocenters. The molecule has 4 aliphatic carbocycles. The molecule has 0 spiro atoms. The van der Waals surface area contributed by atoms with Gasteiger partial charge in [0.05, 0.1) is 6.10 Å². The van der Waals surface area contributed by atoms with E-state index in [2.05, 4.69) is 41.5 Å². The zero-order valence-corrected chi connectivity index (χ0v) is 21.1. The molecule has 0 saturated heterocycles. The summed E-state index contributed by atoms with van der Waals surface area (Å²) in [7, 11) is 0. The van der Waals surface area contributed by atoms with E-state index in [9.17, 15) is 9.90 Å². The number of hydrogen-bond acceptors (Lipinski definition) is 2. The lowest BCUT2D eigenvalue weighted by Gasteiger charge is -2.57. The van der Waals surface area contributed by atoms with E-state index in [-0.39, 0.29) is 17.4 Å². The van der Waals surface area contributed by atoms with E-state index in [1.54, 1.807) is 0 Å². The Morgan fingerprint density at radius 2 is 1.77 bits per heavy atom. The summed E-state index contributed by atoms with van der Waals surface area (Å²) < 4.78 is 0. The van der Waals surface area contributed by atoms with Gasteiger partial charge < -0.3 is 5.11 Å². The van der Waals surface area contributed by atoms with Gasteiger partial charge in [-0.05, 0) is 104 Å². The molecule has 2 nitrogen and oxygen atoms in total. The van der Waals surface area contributed by atoms with Crippen molar-refractivity contribution in [3.05, 3.63) is 11.6 Å². The highest BCUT2D eigenvalue weighted by Crippen LogP contribution is 2.66. The summed E-state index contributed by atoms with van der Waals surface area (Å²) in [5, 5.41) is 10.2. The number of aliphatic hydroxyl groups excluding tert-OH is 1. The van der Waals surface area contributed by atoms with Crippen molar-refractivity contribution in [3.8, 4) is 0 Å². The standard InChI is InChI=1S/C29H48O2/c1-7-20(18(2)3)9-8-19(4)23-10-11-24-27-25(13-15-29(23,24)6)28(5)14-12-22(30)16-21(28)17-26(27)31/h17-20,22-25,27,30H,7-16H2,1-6H3/t19-,20-,22-,23-,24+,25+,27+,28+,29-/m1/s1. The van der Waals surface area contributed by atoms with Crippen LogP contribution in [0.4, 0.5) is 0 Å². The first-order valence-corrected chi connectivity index (χ1v) is 13.5. The van der Waals surface area contributed by atoms with Gasteiger partial charge in [0.15, 0.2) is 5.78 Å². The summed E-state index contributed by atoms with van der Waals surface area (Å²) in [6.07, 6.45) is 13.5. The fourth-order valence-electron chi connectivity index (χ4n) is 9.04. The van der Waals surface area contributed by atoms with Crippen LogP contribution < -0.4 is 0 Å². The van der Waals surface area contributed by atoms with Gasteiger partial charge in [0.1, 0.15) is 0 Å². The maximum atomic E-state index is 13.5. The largest absolute Gasteiger partial charge is 0.393 e. The van der Waals surface area contributed by atoms with E-state index in [1.807, 2.05) is 6.08 Å². The van der Waals surface area contributed by atoms with Crippen molar-refractivity contribution in [1.29, 1.82) is 0 Å². The molecule has 0 aliphatic heterocycles. The first-order valence-electron chi connectivity index (χ1n) is 13.5. The Balaban J connectivity index is 1.52. The van der Waals surface area contributed by atoms with Crippen LogP contribution in [0.5, 0.6) is 0 Å². The van der Waals surface area contributed by atoms with Gasteiger partial charge in [-0.1, -0.05) is 60.0 Å². The molecule has 1 N–H and O–H groups in total. The van der Waals surface area contributed by atoms with Crippen molar-refractivity contribution in [3.63, 3.8) is 0 Å². The average molecular weight is 429 g/mol. The van der Waals surface area contributed by atoms with Gasteiger partial charge in [0, 0.05) is 5.92 Å². The smallest absolute Gasteiger partial charge is 0.159 e. The van der Waals surface area contributed by atoms with Crippen LogP contribution >= 0.6 is 0 Å². The van der Waals surface area contributed by atoms with Crippen LogP contribution in [-0.4, -0.2) is 17.0 Å². The van der Waals surface area contributed by atoms with Crippen molar-refractivity contribution in [2.45, 2.75) is 112 Å². The number of fused-ring (bicyclic) bond motifs is 5. The van der Waals surface area contributed by atoms with E-state index in [1.165, 1.54) is 50.5 Å². The molecule has 9 atom stereocenters. The molecule has 31 heavy (non-hydrogen) atoms. The molecule has 0 heterocycles.